The highest BCUT2D eigenvalue weighted by molar-refractivity contribution is 7.89. The van der Waals surface area contributed by atoms with E-state index in [1.807, 2.05) is 18.7 Å². The quantitative estimate of drug-likeness (QED) is 0.784. The van der Waals surface area contributed by atoms with Crippen molar-refractivity contribution in [3.63, 3.8) is 0 Å². The number of anilines is 2. The first kappa shape index (κ1) is 20.8. The van der Waals surface area contributed by atoms with Gasteiger partial charge in [-0.05, 0) is 44.9 Å². The van der Waals surface area contributed by atoms with Crippen molar-refractivity contribution in [3.05, 3.63) is 24.0 Å². The van der Waals surface area contributed by atoms with Crippen LogP contribution in [0.15, 0.2) is 18.2 Å². The molecule has 0 spiro atoms. The van der Waals surface area contributed by atoms with Gasteiger partial charge in [0.1, 0.15) is 5.82 Å². The fourth-order valence-electron chi connectivity index (χ4n) is 3.81. The number of ether oxygens (including phenoxy) is 1. The van der Waals surface area contributed by atoms with Crippen LogP contribution >= 0.6 is 0 Å². The zero-order valence-electron chi connectivity index (χ0n) is 16.1. The monoisotopic (exact) mass is 414 g/mol. The predicted octanol–water partition coefficient (Wildman–Crippen LogP) is 1.72. The second kappa shape index (κ2) is 8.22. The predicted molar refractivity (Wildman–Crippen MR) is 105 cm³/mol. The number of nitrogens with one attached hydrogen (secondary N) is 1. The second-order valence-corrected chi connectivity index (χ2v) is 9.38. The summed E-state index contributed by atoms with van der Waals surface area (Å²) in [5, 5.41) is 7.22. The lowest BCUT2D eigenvalue weighted by molar-refractivity contribution is -0.00539. The molecule has 10 heteroatoms. The third-order valence-electron chi connectivity index (χ3n) is 5.15. The molecule has 2 fully saturated rings. The molecule has 2 aliphatic rings. The minimum absolute atomic E-state index is 0.0165. The number of urea groups is 1. The SMILES string of the molecule is CC1CN(c2ccc(NC(=O)N3CCC(S(N)(=O)=O)CC3)cc2F)CC(C)O1. The highest BCUT2D eigenvalue weighted by Crippen LogP contribution is 2.26. The van der Waals surface area contributed by atoms with Crippen LogP contribution in [0, 0.1) is 5.82 Å². The normalized spacial score (nSPS) is 24.3. The third kappa shape index (κ3) is 4.92. The van der Waals surface area contributed by atoms with Crippen LogP contribution in [0.5, 0.6) is 0 Å². The summed E-state index contributed by atoms with van der Waals surface area (Å²) in [5.41, 5.74) is 0.836. The molecule has 0 aliphatic carbocycles. The van der Waals surface area contributed by atoms with Crippen molar-refractivity contribution >= 4 is 27.4 Å². The molecule has 1 aromatic carbocycles. The average molecular weight is 415 g/mol. The summed E-state index contributed by atoms with van der Waals surface area (Å²) in [7, 11) is -3.58. The van der Waals surface area contributed by atoms with Crippen LogP contribution in [0.3, 0.4) is 0 Å². The minimum Gasteiger partial charge on any atom is -0.372 e. The number of primary sulfonamides is 1. The summed E-state index contributed by atoms with van der Waals surface area (Å²) >= 11 is 0. The number of morpholine rings is 1. The van der Waals surface area contributed by atoms with Crippen LogP contribution < -0.4 is 15.4 Å². The summed E-state index contributed by atoms with van der Waals surface area (Å²) in [6.07, 6.45) is 0.630. The number of carbonyl (C=O) groups excluding carboxylic acids is 1. The Balaban J connectivity index is 1.61. The number of nitrogens with two attached hydrogens (primary N) is 1. The molecule has 2 saturated heterocycles. The van der Waals surface area contributed by atoms with Crippen LogP contribution in [-0.4, -0.2) is 63.0 Å². The van der Waals surface area contributed by atoms with Crippen molar-refractivity contribution in [2.45, 2.75) is 44.1 Å². The highest BCUT2D eigenvalue weighted by Gasteiger charge is 2.29. The molecule has 2 atom stereocenters. The van der Waals surface area contributed by atoms with Gasteiger partial charge in [-0.15, -0.1) is 0 Å². The molecular formula is C18H27FN4O4S. The summed E-state index contributed by atoms with van der Waals surface area (Å²) in [6, 6.07) is 4.24. The Labute approximate surface area is 164 Å². The van der Waals surface area contributed by atoms with Gasteiger partial charge in [0, 0.05) is 31.9 Å². The third-order valence-corrected chi connectivity index (χ3v) is 6.55. The lowest BCUT2D eigenvalue weighted by Gasteiger charge is -2.37. The van der Waals surface area contributed by atoms with Gasteiger partial charge in [-0.25, -0.2) is 22.7 Å². The number of amides is 2. The molecule has 3 rings (SSSR count). The number of hydrogen-bond donors (Lipinski definition) is 2. The van der Waals surface area contributed by atoms with E-state index in [0.717, 1.165) is 0 Å². The molecule has 3 N–H and O–H groups in total. The maximum absolute atomic E-state index is 14.6. The zero-order chi connectivity index (χ0) is 20.5. The lowest BCUT2D eigenvalue weighted by atomic mass is 10.1. The Hall–Kier alpha value is -1.91. The molecule has 0 saturated carbocycles. The molecule has 0 aromatic heterocycles. The van der Waals surface area contributed by atoms with Gasteiger partial charge in [0.2, 0.25) is 10.0 Å². The number of likely N-dealkylation sites (tertiary alicyclic amines) is 1. The fourth-order valence-corrected chi connectivity index (χ4v) is 4.67. The summed E-state index contributed by atoms with van der Waals surface area (Å²) in [4.78, 5) is 15.8. The van der Waals surface area contributed by atoms with E-state index in [-0.39, 0.29) is 31.3 Å². The summed E-state index contributed by atoms with van der Waals surface area (Å²) in [5.74, 6) is -0.410. The molecule has 8 nitrogen and oxygen atoms in total. The maximum Gasteiger partial charge on any atom is 0.321 e. The van der Waals surface area contributed by atoms with E-state index in [0.29, 0.717) is 37.3 Å². The topological polar surface area (TPSA) is 105 Å². The van der Waals surface area contributed by atoms with Crippen LogP contribution in [0.1, 0.15) is 26.7 Å². The Kier molecular flexibility index (Phi) is 6.11. The second-order valence-electron chi connectivity index (χ2n) is 7.53. The van der Waals surface area contributed by atoms with Crippen molar-refractivity contribution in [1.82, 2.24) is 4.90 Å². The molecule has 2 aliphatic heterocycles. The molecule has 156 valence electrons. The number of hydrogen-bond acceptors (Lipinski definition) is 5. The number of nitrogens with zero attached hydrogens (tertiary/aromatic N) is 2. The standard InChI is InChI=1S/C18H27FN4O4S/c1-12-10-23(11-13(2)27-12)17-4-3-14(9-16(17)19)21-18(24)22-7-5-15(6-8-22)28(20,25)26/h3-4,9,12-13,15H,5-8,10-11H2,1-2H3,(H,21,24)(H2,20,25,26). The number of rotatable bonds is 3. The van der Waals surface area contributed by atoms with Gasteiger partial charge in [-0.3, -0.25) is 0 Å². The van der Waals surface area contributed by atoms with Crippen molar-refractivity contribution < 1.29 is 22.3 Å². The lowest BCUT2D eigenvalue weighted by Crippen LogP contribution is -2.46. The first-order valence-corrected chi connectivity index (χ1v) is 11.0. The number of piperidine rings is 1. The van der Waals surface area contributed by atoms with Gasteiger partial charge >= 0.3 is 6.03 Å². The van der Waals surface area contributed by atoms with Crippen molar-refractivity contribution in [1.29, 1.82) is 0 Å². The molecule has 0 radical (unpaired) electrons. The Bertz CT molecular complexity index is 817. The highest BCUT2D eigenvalue weighted by atomic mass is 32.2. The van der Waals surface area contributed by atoms with Gasteiger partial charge in [-0.1, -0.05) is 0 Å². The van der Waals surface area contributed by atoms with Crippen molar-refractivity contribution in [2.24, 2.45) is 5.14 Å². The maximum atomic E-state index is 14.6. The number of halogens is 1. The first-order valence-electron chi connectivity index (χ1n) is 9.41. The first-order chi connectivity index (χ1) is 13.1. The van der Waals surface area contributed by atoms with Gasteiger partial charge in [0.15, 0.2) is 0 Å². The van der Waals surface area contributed by atoms with E-state index in [1.165, 1.54) is 11.0 Å². The van der Waals surface area contributed by atoms with E-state index >= 15 is 0 Å². The number of carbonyl (C=O) groups is 1. The molecule has 2 amide bonds. The van der Waals surface area contributed by atoms with Gasteiger partial charge in [0.05, 0.1) is 23.1 Å². The summed E-state index contributed by atoms with van der Waals surface area (Å²) in [6.45, 7) is 5.69. The zero-order valence-corrected chi connectivity index (χ0v) is 16.9. The summed E-state index contributed by atoms with van der Waals surface area (Å²) < 4.78 is 43.1. The average Bonchev–Trinajstić information content (AvgIpc) is 2.60. The Morgan fingerprint density at radius 3 is 2.36 bits per heavy atom. The smallest absolute Gasteiger partial charge is 0.321 e. The molecule has 2 unspecified atom stereocenters. The fraction of sp³-hybridized carbons (Fsp3) is 0.611. The number of benzene rings is 1. The minimum atomic E-state index is -3.58. The Morgan fingerprint density at radius 1 is 1.21 bits per heavy atom. The van der Waals surface area contributed by atoms with Crippen LogP contribution in [-0.2, 0) is 14.8 Å². The molecule has 1 aromatic rings. The molecule has 2 heterocycles. The number of sulfonamides is 1. The van der Waals surface area contributed by atoms with E-state index in [4.69, 9.17) is 9.88 Å². The van der Waals surface area contributed by atoms with E-state index in [9.17, 15) is 17.6 Å². The van der Waals surface area contributed by atoms with Gasteiger partial charge in [0.25, 0.3) is 0 Å². The van der Waals surface area contributed by atoms with Crippen molar-refractivity contribution in [2.75, 3.05) is 36.4 Å². The van der Waals surface area contributed by atoms with Gasteiger partial charge in [-0.2, -0.15) is 0 Å². The van der Waals surface area contributed by atoms with E-state index < -0.39 is 21.1 Å². The largest absolute Gasteiger partial charge is 0.372 e. The van der Waals surface area contributed by atoms with Gasteiger partial charge < -0.3 is 19.9 Å². The van der Waals surface area contributed by atoms with Crippen molar-refractivity contribution in [3.8, 4) is 0 Å². The molecule has 0 bridgehead atoms. The Morgan fingerprint density at radius 2 is 1.82 bits per heavy atom. The molecular weight excluding hydrogens is 387 g/mol. The van der Waals surface area contributed by atoms with Crippen LogP contribution in [0.4, 0.5) is 20.6 Å². The van der Waals surface area contributed by atoms with Crippen LogP contribution in [0.2, 0.25) is 0 Å². The molecule has 28 heavy (non-hydrogen) atoms. The van der Waals surface area contributed by atoms with Crippen LogP contribution in [0.25, 0.3) is 0 Å². The van der Waals surface area contributed by atoms with E-state index in [1.54, 1.807) is 12.1 Å². The van der Waals surface area contributed by atoms with E-state index in [2.05, 4.69) is 5.32 Å².